The molecule has 30 heavy (non-hydrogen) atoms. The Morgan fingerprint density at radius 2 is 1.67 bits per heavy atom. The van der Waals surface area contributed by atoms with E-state index in [1.807, 2.05) is 54.6 Å². The number of hydrogen-bond donors (Lipinski definition) is 1. The molecule has 0 aliphatic rings. The summed E-state index contributed by atoms with van der Waals surface area (Å²) in [6.45, 7) is 0.423. The van der Waals surface area contributed by atoms with Gasteiger partial charge in [-0.15, -0.1) is 0 Å². The molecule has 0 atom stereocenters. The number of benzene rings is 3. The van der Waals surface area contributed by atoms with Crippen LogP contribution in [0.5, 0.6) is 17.2 Å². The average Bonchev–Trinajstić information content (AvgIpc) is 2.77. The summed E-state index contributed by atoms with van der Waals surface area (Å²) in [6, 6.07) is 20.8. The molecule has 3 aromatic carbocycles. The van der Waals surface area contributed by atoms with Crippen molar-refractivity contribution < 1.29 is 19.0 Å². The van der Waals surface area contributed by atoms with E-state index in [1.54, 1.807) is 32.4 Å². The molecule has 0 radical (unpaired) electrons. The maximum atomic E-state index is 12.3. The molecule has 154 valence electrons. The molecular weight excluding hydrogens is 446 g/mol. The average molecular weight is 468 g/mol. The number of hydrogen-bond acceptors (Lipinski definition) is 4. The third-order valence-corrected chi connectivity index (χ3v) is 4.86. The van der Waals surface area contributed by atoms with Crippen LogP contribution in [-0.4, -0.2) is 20.1 Å². The summed E-state index contributed by atoms with van der Waals surface area (Å²) in [5, 5.41) is 2.81. The topological polar surface area (TPSA) is 56.8 Å². The summed E-state index contributed by atoms with van der Waals surface area (Å²) in [5.41, 5.74) is 2.46. The Hall–Kier alpha value is -3.25. The molecule has 0 aliphatic heterocycles. The number of halogens is 1. The minimum atomic E-state index is -0.265. The third-order valence-electron chi connectivity index (χ3n) is 4.27. The smallest absolute Gasteiger partial charge is 0.248 e. The highest BCUT2D eigenvalue weighted by Gasteiger charge is 2.12. The first-order chi connectivity index (χ1) is 14.6. The van der Waals surface area contributed by atoms with Crippen LogP contribution in [0.3, 0.4) is 0 Å². The number of rotatable bonds is 8. The lowest BCUT2D eigenvalue weighted by atomic mass is 10.2. The number of nitrogens with one attached hydrogen (secondary N) is 1. The summed E-state index contributed by atoms with van der Waals surface area (Å²) < 4.78 is 17.4. The Bertz CT molecular complexity index is 1030. The van der Waals surface area contributed by atoms with E-state index in [0.717, 1.165) is 15.6 Å². The molecular formula is C24H22BrNO4. The molecule has 5 nitrogen and oxygen atoms in total. The maximum absolute atomic E-state index is 12.3. The lowest BCUT2D eigenvalue weighted by Crippen LogP contribution is -2.08. The molecule has 0 saturated heterocycles. The van der Waals surface area contributed by atoms with Crippen LogP contribution in [0.4, 0.5) is 5.69 Å². The SMILES string of the molecule is COc1ccccc1NC(=O)C=Cc1cc(Br)c(OCc2ccccc2)c(OC)c1. The fourth-order valence-electron chi connectivity index (χ4n) is 2.80. The Morgan fingerprint density at radius 3 is 2.40 bits per heavy atom. The van der Waals surface area contributed by atoms with Crippen molar-refractivity contribution in [1.29, 1.82) is 0 Å². The summed E-state index contributed by atoms with van der Waals surface area (Å²) in [6.07, 6.45) is 3.16. The van der Waals surface area contributed by atoms with Gasteiger partial charge in [0.2, 0.25) is 5.91 Å². The van der Waals surface area contributed by atoms with E-state index < -0.39 is 0 Å². The van der Waals surface area contributed by atoms with Gasteiger partial charge < -0.3 is 19.5 Å². The molecule has 0 unspecified atom stereocenters. The fraction of sp³-hybridized carbons (Fsp3) is 0.125. The monoisotopic (exact) mass is 467 g/mol. The Balaban J connectivity index is 1.71. The normalized spacial score (nSPS) is 10.6. The van der Waals surface area contributed by atoms with E-state index in [0.29, 0.717) is 29.5 Å². The second-order valence-corrected chi connectivity index (χ2v) is 7.19. The lowest BCUT2D eigenvalue weighted by molar-refractivity contribution is -0.111. The second-order valence-electron chi connectivity index (χ2n) is 6.33. The van der Waals surface area contributed by atoms with Crippen LogP contribution >= 0.6 is 15.9 Å². The Labute approximate surface area is 184 Å². The standard InChI is InChI=1S/C24H22BrNO4/c1-28-21-11-7-6-10-20(21)26-23(27)13-12-18-14-19(25)24(22(15-18)29-2)30-16-17-8-4-3-5-9-17/h3-15H,16H2,1-2H3,(H,26,27). The van der Waals surface area contributed by atoms with E-state index in [4.69, 9.17) is 14.2 Å². The van der Waals surface area contributed by atoms with Crippen molar-refractivity contribution in [2.75, 3.05) is 19.5 Å². The van der Waals surface area contributed by atoms with Gasteiger partial charge in [-0.3, -0.25) is 4.79 Å². The van der Waals surface area contributed by atoms with Gasteiger partial charge in [-0.05, 0) is 57.4 Å². The minimum absolute atomic E-state index is 0.265. The molecule has 0 aliphatic carbocycles. The van der Waals surface area contributed by atoms with Gasteiger partial charge in [-0.1, -0.05) is 42.5 Å². The lowest BCUT2D eigenvalue weighted by Gasteiger charge is -2.13. The first kappa shape index (κ1) is 21.5. The van der Waals surface area contributed by atoms with Gasteiger partial charge in [0.15, 0.2) is 11.5 Å². The zero-order valence-corrected chi connectivity index (χ0v) is 18.3. The minimum Gasteiger partial charge on any atom is -0.495 e. The predicted molar refractivity (Wildman–Crippen MR) is 122 cm³/mol. The fourth-order valence-corrected chi connectivity index (χ4v) is 3.37. The van der Waals surface area contributed by atoms with Gasteiger partial charge in [0, 0.05) is 6.08 Å². The van der Waals surface area contributed by atoms with Crippen LogP contribution in [0, 0.1) is 0 Å². The zero-order chi connectivity index (χ0) is 21.3. The summed E-state index contributed by atoms with van der Waals surface area (Å²) in [7, 11) is 3.14. The summed E-state index contributed by atoms with van der Waals surface area (Å²) in [5.74, 6) is 1.52. The van der Waals surface area contributed by atoms with Crippen LogP contribution in [0.2, 0.25) is 0 Å². The van der Waals surface area contributed by atoms with Gasteiger partial charge in [0.05, 0.1) is 24.4 Å². The van der Waals surface area contributed by atoms with Crippen LogP contribution < -0.4 is 19.5 Å². The maximum Gasteiger partial charge on any atom is 0.248 e. The van der Waals surface area contributed by atoms with Crippen LogP contribution in [0.25, 0.3) is 6.08 Å². The largest absolute Gasteiger partial charge is 0.495 e. The van der Waals surface area contributed by atoms with Gasteiger partial charge in [-0.2, -0.15) is 0 Å². The van der Waals surface area contributed by atoms with E-state index in [9.17, 15) is 4.79 Å². The van der Waals surface area contributed by atoms with E-state index in [1.165, 1.54) is 6.08 Å². The number of amides is 1. The highest BCUT2D eigenvalue weighted by atomic mass is 79.9. The highest BCUT2D eigenvalue weighted by Crippen LogP contribution is 2.37. The Morgan fingerprint density at radius 1 is 0.967 bits per heavy atom. The zero-order valence-electron chi connectivity index (χ0n) is 16.7. The molecule has 0 fully saturated rings. The summed E-state index contributed by atoms with van der Waals surface area (Å²) in [4.78, 5) is 12.3. The van der Waals surface area contributed by atoms with Gasteiger partial charge in [-0.25, -0.2) is 0 Å². The molecule has 3 aromatic rings. The van der Waals surface area contributed by atoms with Gasteiger partial charge in [0.1, 0.15) is 12.4 Å². The third kappa shape index (κ3) is 5.64. The van der Waals surface area contributed by atoms with Gasteiger partial charge >= 0.3 is 0 Å². The van der Waals surface area contributed by atoms with Crippen molar-refractivity contribution in [3.63, 3.8) is 0 Å². The molecule has 0 spiro atoms. The molecule has 1 amide bonds. The first-order valence-corrected chi connectivity index (χ1v) is 10.1. The van der Waals surface area contributed by atoms with Crippen molar-refractivity contribution in [2.45, 2.75) is 6.61 Å². The second kappa shape index (κ2) is 10.5. The van der Waals surface area contributed by atoms with Crippen molar-refractivity contribution in [1.82, 2.24) is 0 Å². The van der Waals surface area contributed by atoms with Crippen molar-refractivity contribution in [2.24, 2.45) is 0 Å². The number of ether oxygens (including phenoxy) is 3. The van der Waals surface area contributed by atoms with Crippen LogP contribution in [0.15, 0.2) is 77.3 Å². The first-order valence-electron chi connectivity index (χ1n) is 9.27. The molecule has 1 N–H and O–H groups in total. The number of para-hydroxylation sites is 2. The number of carbonyl (C=O) groups excluding carboxylic acids is 1. The number of carbonyl (C=O) groups is 1. The van der Waals surface area contributed by atoms with E-state index in [-0.39, 0.29) is 5.91 Å². The highest BCUT2D eigenvalue weighted by molar-refractivity contribution is 9.10. The molecule has 3 rings (SSSR count). The quantitative estimate of drug-likeness (QED) is 0.431. The van der Waals surface area contributed by atoms with Gasteiger partial charge in [0.25, 0.3) is 0 Å². The molecule has 0 heterocycles. The summed E-state index contributed by atoms with van der Waals surface area (Å²) >= 11 is 3.54. The molecule has 0 bridgehead atoms. The van der Waals surface area contributed by atoms with Crippen molar-refractivity contribution in [3.05, 3.63) is 88.4 Å². The number of methoxy groups -OCH3 is 2. The van der Waals surface area contributed by atoms with E-state index in [2.05, 4.69) is 21.2 Å². The molecule has 0 aromatic heterocycles. The number of anilines is 1. The predicted octanol–water partition coefficient (Wildman–Crippen LogP) is 5.70. The molecule has 0 saturated carbocycles. The Kier molecular flexibility index (Phi) is 7.51. The van der Waals surface area contributed by atoms with Crippen molar-refractivity contribution in [3.8, 4) is 17.2 Å². The van der Waals surface area contributed by atoms with Crippen LogP contribution in [-0.2, 0) is 11.4 Å². The van der Waals surface area contributed by atoms with Crippen molar-refractivity contribution >= 4 is 33.6 Å². The van der Waals surface area contributed by atoms with E-state index >= 15 is 0 Å². The van der Waals surface area contributed by atoms with Crippen LogP contribution in [0.1, 0.15) is 11.1 Å². The molecule has 6 heteroatoms.